The molecule has 0 amide bonds. The van der Waals surface area contributed by atoms with Crippen LogP contribution >= 0.6 is 22.6 Å². The van der Waals surface area contributed by atoms with Crippen LogP contribution in [0.1, 0.15) is 5.56 Å². The molecule has 0 heterocycles. The van der Waals surface area contributed by atoms with Crippen molar-refractivity contribution in [3.8, 4) is 0 Å². The van der Waals surface area contributed by atoms with Crippen molar-refractivity contribution in [1.29, 1.82) is 0 Å². The van der Waals surface area contributed by atoms with E-state index in [1.54, 1.807) is 28.7 Å². The maximum atomic E-state index is 10.4. The number of aliphatic carboxylic acids is 1. The number of halogens is 1. The zero-order valence-corrected chi connectivity index (χ0v) is 8.36. The van der Waals surface area contributed by atoms with Gasteiger partial charge >= 0.3 is 5.97 Å². The average molecular weight is 274 g/mol. The molecular formula is C9H7IO2. The summed E-state index contributed by atoms with van der Waals surface area (Å²) in [6.07, 6.45) is 1.63. The highest BCUT2D eigenvalue weighted by Crippen LogP contribution is 2.12. The first-order valence-electron chi connectivity index (χ1n) is 3.35. The standard InChI is InChI=1S/C9H7IO2/c10-8(9(11)12)6-7-4-2-1-3-5-7/h1-6H,(H,11,12)/b8-6+. The van der Waals surface area contributed by atoms with Crippen LogP contribution in [0.25, 0.3) is 6.08 Å². The van der Waals surface area contributed by atoms with Crippen LogP contribution in [0.2, 0.25) is 0 Å². The lowest BCUT2D eigenvalue weighted by molar-refractivity contribution is -0.131. The normalized spacial score (nSPS) is 11.2. The number of carboxylic acid groups (broad SMARTS) is 1. The van der Waals surface area contributed by atoms with E-state index in [1.165, 1.54) is 0 Å². The molecule has 1 aromatic carbocycles. The average Bonchev–Trinajstić information content (AvgIpc) is 2.06. The largest absolute Gasteiger partial charge is 0.477 e. The Hall–Kier alpha value is -0.840. The minimum Gasteiger partial charge on any atom is -0.477 e. The first-order chi connectivity index (χ1) is 5.70. The molecule has 0 saturated carbocycles. The van der Waals surface area contributed by atoms with Crippen molar-refractivity contribution in [2.24, 2.45) is 0 Å². The monoisotopic (exact) mass is 274 g/mol. The first kappa shape index (κ1) is 9.25. The van der Waals surface area contributed by atoms with Gasteiger partial charge in [0.25, 0.3) is 0 Å². The van der Waals surface area contributed by atoms with Crippen LogP contribution in [0.5, 0.6) is 0 Å². The Bertz CT molecular complexity index is 304. The zero-order chi connectivity index (χ0) is 8.97. The molecule has 1 rings (SSSR count). The number of hydrogen-bond acceptors (Lipinski definition) is 1. The van der Waals surface area contributed by atoms with E-state index in [4.69, 9.17) is 5.11 Å². The molecule has 0 aliphatic carbocycles. The van der Waals surface area contributed by atoms with Crippen LogP contribution < -0.4 is 0 Å². The lowest BCUT2D eigenvalue weighted by Gasteiger charge is -1.92. The van der Waals surface area contributed by atoms with E-state index in [0.29, 0.717) is 3.58 Å². The SMILES string of the molecule is O=C(O)/C(I)=C\c1ccccc1. The van der Waals surface area contributed by atoms with Crippen molar-refractivity contribution in [3.05, 3.63) is 39.5 Å². The van der Waals surface area contributed by atoms with E-state index in [0.717, 1.165) is 5.56 Å². The molecule has 0 aliphatic heterocycles. The second kappa shape index (κ2) is 4.25. The summed E-state index contributed by atoms with van der Waals surface area (Å²) >= 11 is 1.80. The van der Waals surface area contributed by atoms with Gasteiger partial charge in [-0.15, -0.1) is 0 Å². The van der Waals surface area contributed by atoms with Gasteiger partial charge in [0.15, 0.2) is 0 Å². The lowest BCUT2D eigenvalue weighted by Crippen LogP contribution is -1.92. The maximum absolute atomic E-state index is 10.4. The van der Waals surface area contributed by atoms with E-state index < -0.39 is 5.97 Å². The van der Waals surface area contributed by atoms with Gasteiger partial charge < -0.3 is 5.11 Å². The van der Waals surface area contributed by atoms with Crippen molar-refractivity contribution in [2.45, 2.75) is 0 Å². The van der Waals surface area contributed by atoms with E-state index in [9.17, 15) is 4.79 Å². The second-order valence-corrected chi connectivity index (χ2v) is 3.37. The molecule has 0 radical (unpaired) electrons. The molecule has 12 heavy (non-hydrogen) atoms. The summed E-state index contributed by atoms with van der Waals surface area (Å²) in [4.78, 5) is 10.4. The predicted octanol–water partition coefficient (Wildman–Crippen LogP) is 2.55. The van der Waals surface area contributed by atoms with Crippen molar-refractivity contribution in [1.82, 2.24) is 0 Å². The summed E-state index contributed by atoms with van der Waals surface area (Å²) in [6.45, 7) is 0. The van der Waals surface area contributed by atoms with Crippen LogP contribution in [0, 0.1) is 0 Å². The van der Waals surface area contributed by atoms with Crippen molar-refractivity contribution in [3.63, 3.8) is 0 Å². The second-order valence-electron chi connectivity index (χ2n) is 2.21. The molecular weight excluding hydrogens is 267 g/mol. The van der Waals surface area contributed by atoms with Gasteiger partial charge in [-0.1, -0.05) is 30.3 Å². The first-order valence-corrected chi connectivity index (χ1v) is 4.43. The summed E-state index contributed by atoms with van der Waals surface area (Å²) in [5.74, 6) is -0.889. The van der Waals surface area contributed by atoms with Crippen LogP contribution in [0.4, 0.5) is 0 Å². The highest BCUT2D eigenvalue weighted by molar-refractivity contribution is 14.1. The highest BCUT2D eigenvalue weighted by atomic mass is 127. The number of rotatable bonds is 2. The summed E-state index contributed by atoms with van der Waals surface area (Å²) in [7, 11) is 0. The fourth-order valence-corrected chi connectivity index (χ4v) is 1.12. The Balaban J connectivity index is 2.89. The van der Waals surface area contributed by atoms with Crippen molar-refractivity contribution in [2.75, 3.05) is 0 Å². The molecule has 0 aromatic heterocycles. The predicted molar refractivity (Wildman–Crippen MR) is 56.1 cm³/mol. The highest BCUT2D eigenvalue weighted by Gasteiger charge is 2.00. The van der Waals surface area contributed by atoms with Crippen molar-refractivity contribution >= 4 is 34.6 Å². The van der Waals surface area contributed by atoms with Crippen molar-refractivity contribution < 1.29 is 9.90 Å². The molecule has 1 aromatic rings. The molecule has 2 nitrogen and oxygen atoms in total. The number of hydrogen-bond donors (Lipinski definition) is 1. The molecule has 0 saturated heterocycles. The Kier molecular flexibility index (Phi) is 3.28. The quantitative estimate of drug-likeness (QED) is 0.664. The van der Waals surface area contributed by atoms with Gasteiger partial charge in [0.1, 0.15) is 0 Å². The molecule has 0 aliphatic rings. The van der Waals surface area contributed by atoms with E-state index in [2.05, 4.69) is 0 Å². The summed E-state index contributed by atoms with van der Waals surface area (Å²) in [5, 5.41) is 8.57. The van der Waals surface area contributed by atoms with E-state index in [-0.39, 0.29) is 0 Å². The zero-order valence-electron chi connectivity index (χ0n) is 6.20. The Labute approximate surface area is 84.1 Å². The third-order valence-electron chi connectivity index (χ3n) is 1.30. The smallest absolute Gasteiger partial charge is 0.341 e. The molecule has 62 valence electrons. The van der Waals surface area contributed by atoms with Gasteiger partial charge in [-0.25, -0.2) is 4.79 Å². The number of carboxylic acids is 1. The Morgan fingerprint density at radius 1 is 1.33 bits per heavy atom. The number of benzene rings is 1. The molecule has 0 bridgehead atoms. The molecule has 0 unspecified atom stereocenters. The minimum atomic E-state index is -0.889. The molecule has 0 atom stereocenters. The Morgan fingerprint density at radius 2 is 1.92 bits per heavy atom. The molecule has 3 heteroatoms. The number of carbonyl (C=O) groups is 1. The fourth-order valence-electron chi connectivity index (χ4n) is 0.757. The Morgan fingerprint density at radius 3 is 2.42 bits per heavy atom. The van der Waals surface area contributed by atoms with E-state index >= 15 is 0 Å². The lowest BCUT2D eigenvalue weighted by atomic mass is 10.2. The third-order valence-corrected chi connectivity index (χ3v) is 2.07. The summed E-state index contributed by atoms with van der Waals surface area (Å²) in [6, 6.07) is 9.36. The topological polar surface area (TPSA) is 37.3 Å². The molecule has 0 fully saturated rings. The van der Waals surface area contributed by atoms with Crippen LogP contribution in [0.3, 0.4) is 0 Å². The van der Waals surface area contributed by atoms with Crippen LogP contribution in [0.15, 0.2) is 33.9 Å². The van der Waals surface area contributed by atoms with Gasteiger partial charge in [0.05, 0.1) is 3.58 Å². The molecule has 1 N–H and O–H groups in total. The summed E-state index contributed by atoms with van der Waals surface area (Å²) in [5.41, 5.74) is 0.907. The van der Waals surface area contributed by atoms with Gasteiger partial charge in [0.2, 0.25) is 0 Å². The molecule has 0 spiro atoms. The van der Waals surface area contributed by atoms with Crippen LogP contribution in [-0.2, 0) is 4.79 Å². The van der Waals surface area contributed by atoms with Crippen LogP contribution in [-0.4, -0.2) is 11.1 Å². The maximum Gasteiger partial charge on any atom is 0.341 e. The fraction of sp³-hybridized carbons (Fsp3) is 0. The third kappa shape index (κ3) is 2.65. The minimum absolute atomic E-state index is 0.318. The van der Waals surface area contributed by atoms with Gasteiger partial charge in [0, 0.05) is 0 Å². The van der Waals surface area contributed by atoms with E-state index in [1.807, 2.05) is 30.3 Å². The van der Waals surface area contributed by atoms with Gasteiger partial charge in [-0.3, -0.25) is 0 Å². The van der Waals surface area contributed by atoms with Gasteiger partial charge in [-0.2, -0.15) is 0 Å². The summed E-state index contributed by atoms with van der Waals surface area (Å²) < 4.78 is 0.318. The van der Waals surface area contributed by atoms with Gasteiger partial charge in [-0.05, 0) is 34.2 Å².